The number of alkyl halides is 1. The molecular formula is C27H29FN4O2. The minimum absolute atomic E-state index is 0.0911. The Kier molecular flexibility index (Phi) is 6.81. The summed E-state index contributed by atoms with van der Waals surface area (Å²) in [6.45, 7) is 2.97. The van der Waals surface area contributed by atoms with Gasteiger partial charge in [0, 0.05) is 44.8 Å². The third-order valence-electron chi connectivity index (χ3n) is 6.33. The Morgan fingerprint density at radius 3 is 2.71 bits per heavy atom. The summed E-state index contributed by atoms with van der Waals surface area (Å²) in [5, 5.41) is 2.91. The highest BCUT2D eigenvalue weighted by atomic mass is 19.1. The number of halogens is 1. The molecule has 0 spiro atoms. The van der Waals surface area contributed by atoms with Crippen molar-refractivity contribution in [2.45, 2.75) is 45.1 Å². The van der Waals surface area contributed by atoms with E-state index in [1.807, 2.05) is 42.5 Å². The van der Waals surface area contributed by atoms with Gasteiger partial charge >= 0.3 is 0 Å². The third-order valence-corrected chi connectivity index (χ3v) is 6.33. The number of nitrogens with zero attached hydrogens (tertiary/aromatic N) is 3. The number of carbonyl (C=O) groups is 1. The third kappa shape index (κ3) is 5.97. The van der Waals surface area contributed by atoms with Gasteiger partial charge in [-0.3, -0.25) is 19.7 Å². The average Bonchev–Trinajstić information content (AvgIpc) is 3.68. The lowest BCUT2D eigenvalue weighted by atomic mass is 9.97. The normalized spacial score (nSPS) is 17.7. The van der Waals surface area contributed by atoms with E-state index in [0.717, 1.165) is 41.2 Å². The molecule has 1 amide bonds. The lowest BCUT2D eigenvalue weighted by Gasteiger charge is -2.31. The molecule has 1 fully saturated rings. The molecule has 0 radical (unpaired) electrons. The maximum atomic E-state index is 15.0. The summed E-state index contributed by atoms with van der Waals surface area (Å²) in [6, 6.07) is 13.9. The zero-order valence-electron chi connectivity index (χ0n) is 19.1. The smallest absolute Gasteiger partial charge is 0.226 e. The van der Waals surface area contributed by atoms with Crippen molar-refractivity contribution in [3.8, 4) is 5.75 Å². The number of fused-ring (bicyclic) bond motifs is 1. The van der Waals surface area contributed by atoms with E-state index in [1.165, 1.54) is 12.8 Å². The molecule has 2 heterocycles. The molecule has 1 aliphatic carbocycles. The van der Waals surface area contributed by atoms with E-state index in [2.05, 4.69) is 20.2 Å². The summed E-state index contributed by atoms with van der Waals surface area (Å²) in [7, 11) is 0. The van der Waals surface area contributed by atoms with E-state index in [0.29, 0.717) is 31.2 Å². The predicted octanol–water partition coefficient (Wildman–Crippen LogP) is 4.15. The summed E-state index contributed by atoms with van der Waals surface area (Å²) in [4.78, 5) is 22.3. The number of hydrogen-bond acceptors (Lipinski definition) is 5. The molecule has 1 aromatic heterocycles. The van der Waals surface area contributed by atoms with Crippen LogP contribution in [0.2, 0.25) is 0 Å². The second kappa shape index (κ2) is 10.3. The summed E-state index contributed by atoms with van der Waals surface area (Å²) in [6.07, 6.45) is 6.43. The molecule has 0 saturated heterocycles. The van der Waals surface area contributed by atoms with Crippen LogP contribution in [0.1, 0.15) is 47.0 Å². The van der Waals surface area contributed by atoms with Crippen LogP contribution in [0.15, 0.2) is 61.1 Å². The van der Waals surface area contributed by atoms with Crippen LogP contribution in [0.25, 0.3) is 0 Å². The maximum Gasteiger partial charge on any atom is 0.226 e. The van der Waals surface area contributed by atoms with E-state index < -0.39 is 6.17 Å². The van der Waals surface area contributed by atoms with Gasteiger partial charge in [0.25, 0.3) is 0 Å². The Hall–Kier alpha value is -3.32. The average molecular weight is 461 g/mol. The number of amides is 1. The first-order valence-corrected chi connectivity index (χ1v) is 11.8. The van der Waals surface area contributed by atoms with Gasteiger partial charge in [0.05, 0.1) is 18.7 Å². The first-order valence-electron chi connectivity index (χ1n) is 11.8. The van der Waals surface area contributed by atoms with Gasteiger partial charge in [-0.2, -0.15) is 0 Å². The van der Waals surface area contributed by atoms with Crippen molar-refractivity contribution in [2.75, 3.05) is 13.2 Å². The highest BCUT2D eigenvalue weighted by molar-refractivity contribution is 5.77. The summed E-state index contributed by atoms with van der Waals surface area (Å²) in [5.41, 5.74) is 4.57. The number of benzene rings is 2. The number of hydrogen-bond donors (Lipinski definition) is 1. The second-order valence-corrected chi connectivity index (χ2v) is 9.22. The molecule has 1 N–H and O–H groups in total. The van der Waals surface area contributed by atoms with Gasteiger partial charge in [-0.25, -0.2) is 4.39 Å². The van der Waals surface area contributed by atoms with Gasteiger partial charge in [0.2, 0.25) is 5.91 Å². The van der Waals surface area contributed by atoms with Gasteiger partial charge in [0.1, 0.15) is 11.9 Å². The van der Waals surface area contributed by atoms with Gasteiger partial charge in [-0.05, 0) is 53.1 Å². The fourth-order valence-corrected chi connectivity index (χ4v) is 4.22. The van der Waals surface area contributed by atoms with Crippen LogP contribution in [0, 0.1) is 5.92 Å². The van der Waals surface area contributed by atoms with E-state index in [4.69, 9.17) is 4.74 Å². The molecule has 6 nitrogen and oxygen atoms in total. The van der Waals surface area contributed by atoms with E-state index in [1.54, 1.807) is 18.6 Å². The van der Waals surface area contributed by atoms with Crippen LogP contribution in [0.3, 0.4) is 0 Å². The van der Waals surface area contributed by atoms with E-state index in [9.17, 15) is 9.18 Å². The lowest BCUT2D eigenvalue weighted by molar-refractivity contribution is -0.120. The number of carbonyl (C=O) groups excluding carboxylic acids is 1. The molecule has 3 aromatic rings. The fraction of sp³-hybridized carbons (Fsp3) is 0.370. The van der Waals surface area contributed by atoms with Crippen LogP contribution >= 0.6 is 0 Å². The van der Waals surface area contributed by atoms with Gasteiger partial charge < -0.3 is 10.1 Å². The highest BCUT2D eigenvalue weighted by Gasteiger charge is 2.26. The van der Waals surface area contributed by atoms with E-state index in [-0.39, 0.29) is 12.3 Å². The molecule has 2 aromatic carbocycles. The Bertz CT molecular complexity index is 1120. The van der Waals surface area contributed by atoms with Crippen LogP contribution in [0.4, 0.5) is 4.39 Å². The Morgan fingerprint density at radius 2 is 1.94 bits per heavy atom. The topological polar surface area (TPSA) is 67.4 Å². The maximum absolute atomic E-state index is 15.0. The molecule has 0 bridgehead atoms. The fourth-order valence-electron chi connectivity index (χ4n) is 4.22. The molecule has 34 heavy (non-hydrogen) atoms. The van der Waals surface area contributed by atoms with Crippen molar-refractivity contribution in [3.05, 3.63) is 89.0 Å². The van der Waals surface area contributed by atoms with Crippen LogP contribution in [0.5, 0.6) is 5.75 Å². The molecule has 1 aliphatic heterocycles. The number of ether oxygens (including phenoxy) is 1. The van der Waals surface area contributed by atoms with Crippen LogP contribution in [-0.4, -0.2) is 33.9 Å². The first kappa shape index (κ1) is 22.5. The quantitative estimate of drug-likeness (QED) is 0.520. The predicted molar refractivity (Wildman–Crippen MR) is 127 cm³/mol. The zero-order chi connectivity index (χ0) is 23.3. The molecule has 2 aliphatic rings. The SMILES string of the molecule is O=C(Cc1cnccn1)NCc1ccc(CN2Cc3ccc(OCC4CC4)cc3C(F)C2)cc1. The van der Waals surface area contributed by atoms with Gasteiger partial charge in [0.15, 0.2) is 0 Å². The zero-order valence-corrected chi connectivity index (χ0v) is 19.1. The Balaban J connectivity index is 1.12. The monoisotopic (exact) mass is 460 g/mol. The van der Waals surface area contributed by atoms with Gasteiger partial charge in [-0.15, -0.1) is 0 Å². The summed E-state index contributed by atoms with van der Waals surface area (Å²) < 4.78 is 20.8. The van der Waals surface area contributed by atoms with Crippen LogP contribution < -0.4 is 10.1 Å². The van der Waals surface area contributed by atoms with Crippen molar-refractivity contribution in [3.63, 3.8) is 0 Å². The summed E-state index contributed by atoms with van der Waals surface area (Å²) in [5.74, 6) is 1.37. The molecular weight excluding hydrogens is 431 g/mol. The Morgan fingerprint density at radius 1 is 1.12 bits per heavy atom. The number of aromatic nitrogens is 2. The highest BCUT2D eigenvalue weighted by Crippen LogP contribution is 2.34. The molecule has 7 heteroatoms. The van der Waals surface area contributed by atoms with Crippen molar-refractivity contribution < 1.29 is 13.9 Å². The van der Waals surface area contributed by atoms with Gasteiger partial charge in [-0.1, -0.05) is 30.3 Å². The number of nitrogens with one attached hydrogen (secondary N) is 1. The minimum Gasteiger partial charge on any atom is -0.493 e. The molecule has 1 unspecified atom stereocenters. The number of rotatable bonds is 9. The van der Waals surface area contributed by atoms with Crippen molar-refractivity contribution in [1.29, 1.82) is 0 Å². The molecule has 5 rings (SSSR count). The van der Waals surface area contributed by atoms with Crippen LogP contribution in [-0.2, 0) is 30.8 Å². The molecule has 176 valence electrons. The molecule has 1 atom stereocenters. The Labute approximate surface area is 199 Å². The second-order valence-electron chi connectivity index (χ2n) is 9.22. The first-order chi connectivity index (χ1) is 16.6. The summed E-state index contributed by atoms with van der Waals surface area (Å²) >= 11 is 0. The van der Waals surface area contributed by atoms with E-state index >= 15 is 0 Å². The lowest BCUT2D eigenvalue weighted by Crippen LogP contribution is -2.31. The molecule has 1 saturated carbocycles. The minimum atomic E-state index is -1.02. The van der Waals surface area contributed by atoms with Crippen molar-refractivity contribution in [2.24, 2.45) is 5.92 Å². The van der Waals surface area contributed by atoms with Crippen molar-refractivity contribution in [1.82, 2.24) is 20.2 Å². The largest absolute Gasteiger partial charge is 0.493 e. The van der Waals surface area contributed by atoms with Crippen molar-refractivity contribution >= 4 is 5.91 Å². The standard InChI is InChI=1S/C27H29FN4O2/c28-26-17-32(16-22-7-8-24(12-25(22)26)34-18-21-5-6-21)15-20-3-1-19(2-4-20)13-31-27(33)11-23-14-29-9-10-30-23/h1-4,7-10,12,14,21,26H,5-6,11,13,15-18H2,(H,31,33).